The lowest BCUT2D eigenvalue weighted by atomic mass is 10.2. The summed E-state index contributed by atoms with van der Waals surface area (Å²) in [6, 6.07) is 7.03. The monoisotopic (exact) mass is 420 g/mol. The van der Waals surface area contributed by atoms with E-state index in [4.69, 9.17) is 0 Å². The van der Waals surface area contributed by atoms with Gasteiger partial charge in [0, 0.05) is 44.0 Å². The van der Waals surface area contributed by atoms with Crippen LogP contribution in [0.15, 0.2) is 47.0 Å². The number of hydrogen-bond donors (Lipinski definition) is 2. The summed E-state index contributed by atoms with van der Waals surface area (Å²) in [5.74, 6) is 0.885. The molecule has 154 valence electrons. The number of fused-ring (bicyclic) bond motifs is 1. The van der Waals surface area contributed by atoms with Gasteiger partial charge in [-0.05, 0) is 18.6 Å². The highest BCUT2D eigenvalue weighted by Crippen LogP contribution is 2.31. The standard InChI is InChI=1S/C19H22F2N6OS/c1-22-18(23-10-14-12-27-8-9-29-19(27)25-14)24-13-6-7-26(11-13)15-4-2-3-5-16(15)28-17(20)21/h2-5,8-9,12-13,17H,6-7,10-11H2,1H3,(H2,22,23,24). The van der Waals surface area contributed by atoms with E-state index in [1.165, 1.54) is 0 Å². The van der Waals surface area contributed by atoms with E-state index in [1.807, 2.05) is 33.1 Å². The number of imidazole rings is 1. The van der Waals surface area contributed by atoms with Gasteiger partial charge in [-0.25, -0.2) is 4.98 Å². The Morgan fingerprint density at radius 1 is 1.41 bits per heavy atom. The number of rotatable bonds is 6. The van der Waals surface area contributed by atoms with Gasteiger partial charge < -0.3 is 20.3 Å². The fraction of sp³-hybridized carbons (Fsp3) is 0.368. The summed E-state index contributed by atoms with van der Waals surface area (Å²) < 4.78 is 32.0. The van der Waals surface area contributed by atoms with Gasteiger partial charge in [-0.15, -0.1) is 11.3 Å². The van der Waals surface area contributed by atoms with Crippen molar-refractivity contribution in [1.82, 2.24) is 20.0 Å². The van der Waals surface area contributed by atoms with E-state index in [2.05, 4.69) is 25.3 Å². The maximum absolute atomic E-state index is 12.7. The second kappa shape index (κ2) is 8.64. The van der Waals surface area contributed by atoms with Gasteiger partial charge in [-0.3, -0.25) is 9.39 Å². The molecule has 4 rings (SSSR count). The molecule has 0 radical (unpaired) electrons. The lowest BCUT2D eigenvalue weighted by Crippen LogP contribution is -2.44. The van der Waals surface area contributed by atoms with Crippen LogP contribution in [0.1, 0.15) is 12.1 Å². The van der Waals surface area contributed by atoms with Crippen molar-refractivity contribution >= 4 is 27.9 Å². The molecule has 1 aromatic carbocycles. The Bertz CT molecular complexity index is 959. The molecule has 1 fully saturated rings. The molecule has 2 N–H and O–H groups in total. The first-order chi connectivity index (χ1) is 14.1. The average molecular weight is 420 g/mol. The van der Waals surface area contributed by atoms with Crippen LogP contribution in [-0.4, -0.2) is 48.1 Å². The van der Waals surface area contributed by atoms with Crippen LogP contribution < -0.4 is 20.3 Å². The molecule has 7 nitrogen and oxygen atoms in total. The second-order valence-electron chi connectivity index (χ2n) is 6.67. The second-order valence-corrected chi connectivity index (χ2v) is 7.55. The van der Waals surface area contributed by atoms with Crippen LogP contribution in [0.2, 0.25) is 0 Å². The lowest BCUT2D eigenvalue weighted by molar-refractivity contribution is -0.0495. The Kier molecular flexibility index (Phi) is 5.79. The highest BCUT2D eigenvalue weighted by atomic mass is 32.1. The minimum atomic E-state index is -2.84. The van der Waals surface area contributed by atoms with Crippen LogP contribution in [-0.2, 0) is 6.54 Å². The zero-order chi connectivity index (χ0) is 20.2. The highest BCUT2D eigenvalue weighted by Gasteiger charge is 2.26. The Hall–Kier alpha value is -2.88. The van der Waals surface area contributed by atoms with Gasteiger partial charge in [0.05, 0.1) is 17.9 Å². The molecule has 0 spiro atoms. The van der Waals surface area contributed by atoms with Gasteiger partial charge in [-0.2, -0.15) is 8.78 Å². The Morgan fingerprint density at radius 3 is 3.07 bits per heavy atom. The van der Waals surface area contributed by atoms with E-state index in [0.717, 1.165) is 23.6 Å². The van der Waals surface area contributed by atoms with Crippen molar-refractivity contribution in [3.63, 3.8) is 0 Å². The fourth-order valence-electron chi connectivity index (χ4n) is 3.43. The van der Waals surface area contributed by atoms with Gasteiger partial charge in [0.15, 0.2) is 10.9 Å². The summed E-state index contributed by atoms with van der Waals surface area (Å²) in [4.78, 5) is 11.8. The molecule has 10 heteroatoms. The van der Waals surface area contributed by atoms with Crippen molar-refractivity contribution in [3.05, 3.63) is 47.7 Å². The molecule has 0 aliphatic carbocycles. The molecule has 1 aliphatic heterocycles. The van der Waals surface area contributed by atoms with Crippen LogP contribution in [0.4, 0.5) is 14.5 Å². The molecular weight excluding hydrogens is 398 g/mol. The first kappa shape index (κ1) is 19.4. The third-order valence-electron chi connectivity index (χ3n) is 4.75. The Balaban J connectivity index is 1.33. The molecule has 29 heavy (non-hydrogen) atoms. The van der Waals surface area contributed by atoms with Crippen molar-refractivity contribution in [2.45, 2.75) is 25.6 Å². The molecule has 0 amide bonds. The van der Waals surface area contributed by atoms with Crippen molar-refractivity contribution in [2.24, 2.45) is 4.99 Å². The molecule has 3 aromatic rings. The number of aromatic nitrogens is 2. The van der Waals surface area contributed by atoms with Crippen LogP contribution >= 0.6 is 11.3 Å². The molecule has 2 aromatic heterocycles. The fourth-order valence-corrected chi connectivity index (χ4v) is 4.15. The summed E-state index contributed by atoms with van der Waals surface area (Å²) in [7, 11) is 1.72. The first-order valence-electron chi connectivity index (χ1n) is 9.29. The number of thiazole rings is 1. The largest absolute Gasteiger partial charge is 0.433 e. The van der Waals surface area contributed by atoms with Gasteiger partial charge in [0.2, 0.25) is 0 Å². The maximum Gasteiger partial charge on any atom is 0.387 e. The van der Waals surface area contributed by atoms with Crippen LogP contribution in [0.25, 0.3) is 4.96 Å². The van der Waals surface area contributed by atoms with Gasteiger partial charge in [0.25, 0.3) is 0 Å². The lowest BCUT2D eigenvalue weighted by Gasteiger charge is -2.22. The number of anilines is 1. The zero-order valence-electron chi connectivity index (χ0n) is 15.9. The zero-order valence-corrected chi connectivity index (χ0v) is 16.7. The number of hydrogen-bond acceptors (Lipinski definition) is 5. The van der Waals surface area contributed by atoms with Gasteiger partial charge >= 0.3 is 6.61 Å². The summed E-state index contributed by atoms with van der Waals surface area (Å²) >= 11 is 1.59. The number of ether oxygens (including phenoxy) is 1. The summed E-state index contributed by atoms with van der Waals surface area (Å²) in [5.41, 5.74) is 1.61. The Morgan fingerprint density at radius 2 is 2.28 bits per heavy atom. The summed E-state index contributed by atoms with van der Waals surface area (Å²) in [6.07, 6.45) is 4.83. The van der Waals surface area contributed by atoms with Crippen LogP contribution in [0.3, 0.4) is 0 Å². The molecule has 1 aliphatic rings. The van der Waals surface area contributed by atoms with E-state index in [0.29, 0.717) is 24.7 Å². The smallest absolute Gasteiger partial charge is 0.387 e. The van der Waals surface area contributed by atoms with Gasteiger partial charge in [-0.1, -0.05) is 12.1 Å². The first-order valence-corrected chi connectivity index (χ1v) is 10.2. The van der Waals surface area contributed by atoms with Crippen LogP contribution in [0.5, 0.6) is 5.75 Å². The minimum Gasteiger partial charge on any atom is -0.433 e. The minimum absolute atomic E-state index is 0.145. The maximum atomic E-state index is 12.7. The third-order valence-corrected chi connectivity index (χ3v) is 5.53. The van der Waals surface area contributed by atoms with Crippen molar-refractivity contribution in [2.75, 3.05) is 25.0 Å². The van der Waals surface area contributed by atoms with E-state index >= 15 is 0 Å². The molecule has 1 atom stereocenters. The van der Waals surface area contributed by atoms with Gasteiger partial charge in [0.1, 0.15) is 5.75 Å². The van der Waals surface area contributed by atoms with E-state index < -0.39 is 6.61 Å². The molecule has 1 saturated heterocycles. The number of nitrogens with one attached hydrogen (secondary N) is 2. The normalized spacial score (nSPS) is 17.3. The predicted octanol–water partition coefficient (Wildman–Crippen LogP) is 2.94. The third kappa shape index (κ3) is 4.58. The number of para-hydroxylation sites is 2. The summed E-state index contributed by atoms with van der Waals surface area (Å²) in [6.45, 7) is -0.857. The molecule has 0 saturated carbocycles. The van der Waals surface area contributed by atoms with E-state index in [1.54, 1.807) is 36.6 Å². The summed E-state index contributed by atoms with van der Waals surface area (Å²) in [5, 5.41) is 8.68. The number of guanidine groups is 1. The Labute approximate surface area is 171 Å². The van der Waals surface area contributed by atoms with Crippen molar-refractivity contribution in [3.8, 4) is 5.75 Å². The van der Waals surface area contributed by atoms with Crippen molar-refractivity contribution in [1.29, 1.82) is 0 Å². The number of nitrogens with zero attached hydrogens (tertiary/aromatic N) is 4. The average Bonchev–Trinajstić information content (AvgIpc) is 3.41. The molecule has 0 bridgehead atoms. The van der Waals surface area contributed by atoms with Crippen LogP contribution in [0, 0.1) is 0 Å². The predicted molar refractivity (Wildman–Crippen MR) is 110 cm³/mol. The number of aliphatic imine (C=N–C) groups is 1. The number of alkyl halides is 2. The van der Waals surface area contributed by atoms with E-state index in [9.17, 15) is 8.78 Å². The SMILES string of the molecule is CN=C(NCc1cn2ccsc2n1)NC1CCN(c2ccccc2OC(F)F)C1. The quantitative estimate of drug-likeness (QED) is 0.474. The molecular formula is C19H22F2N6OS. The van der Waals surface area contributed by atoms with Crippen molar-refractivity contribution < 1.29 is 13.5 Å². The van der Waals surface area contributed by atoms with E-state index in [-0.39, 0.29) is 11.8 Å². The molecule has 1 unspecified atom stereocenters. The topological polar surface area (TPSA) is 66.2 Å². The molecule has 3 heterocycles. The number of halogens is 2. The number of benzene rings is 1. The highest BCUT2D eigenvalue weighted by molar-refractivity contribution is 7.15.